The highest BCUT2D eigenvalue weighted by Gasteiger charge is 2.25. The van der Waals surface area contributed by atoms with Crippen LogP contribution in [0.25, 0.3) is 0 Å². The normalized spacial score (nSPS) is 28.9. The molecule has 0 bridgehead atoms. The number of hydrogen-bond acceptors (Lipinski definition) is 2. The highest BCUT2D eigenvalue weighted by atomic mass is 16.5. The summed E-state index contributed by atoms with van der Waals surface area (Å²) in [6.45, 7) is 6.64. The van der Waals surface area contributed by atoms with Gasteiger partial charge in [0.15, 0.2) is 0 Å². The molecule has 1 aliphatic rings. The Labute approximate surface area is 116 Å². The third-order valence-corrected chi connectivity index (χ3v) is 4.50. The number of hydrogen-bond donors (Lipinski definition) is 1. The van der Waals surface area contributed by atoms with Crippen LogP contribution in [0.1, 0.15) is 58.1 Å². The summed E-state index contributed by atoms with van der Waals surface area (Å²) >= 11 is 0. The lowest BCUT2D eigenvalue weighted by molar-refractivity contribution is 0.100. The Morgan fingerprint density at radius 1 is 1.16 bits per heavy atom. The van der Waals surface area contributed by atoms with Crippen molar-refractivity contribution < 1.29 is 9.84 Å². The van der Waals surface area contributed by atoms with Crippen LogP contribution in [-0.4, -0.2) is 11.2 Å². The van der Waals surface area contributed by atoms with Crippen molar-refractivity contribution in [2.45, 2.75) is 58.7 Å². The van der Waals surface area contributed by atoms with Crippen molar-refractivity contribution in [1.82, 2.24) is 0 Å². The van der Waals surface area contributed by atoms with E-state index in [4.69, 9.17) is 4.74 Å². The number of aliphatic hydroxyl groups excluding tert-OH is 1. The average molecular weight is 262 g/mol. The molecule has 0 aliphatic heterocycles. The fourth-order valence-corrected chi connectivity index (χ4v) is 2.80. The van der Waals surface area contributed by atoms with Crippen LogP contribution in [0.15, 0.2) is 24.3 Å². The van der Waals surface area contributed by atoms with Crippen molar-refractivity contribution in [2.75, 3.05) is 0 Å². The first-order chi connectivity index (χ1) is 9.10. The van der Waals surface area contributed by atoms with Crippen LogP contribution in [-0.2, 0) is 0 Å². The van der Waals surface area contributed by atoms with Gasteiger partial charge in [-0.1, -0.05) is 32.9 Å². The van der Waals surface area contributed by atoms with E-state index >= 15 is 0 Å². The maximum Gasteiger partial charge on any atom is 0.119 e. The molecule has 4 unspecified atom stereocenters. The third kappa shape index (κ3) is 3.73. The van der Waals surface area contributed by atoms with Crippen molar-refractivity contribution in [3.05, 3.63) is 29.8 Å². The van der Waals surface area contributed by atoms with Gasteiger partial charge < -0.3 is 9.84 Å². The van der Waals surface area contributed by atoms with Gasteiger partial charge in [0.2, 0.25) is 0 Å². The van der Waals surface area contributed by atoms with Crippen LogP contribution in [0, 0.1) is 11.8 Å². The van der Waals surface area contributed by atoms with E-state index in [1.54, 1.807) is 0 Å². The Balaban J connectivity index is 1.93. The number of aliphatic hydroxyl groups is 1. The molecule has 106 valence electrons. The van der Waals surface area contributed by atoms with Crippen molar-refractivity contribution >= 4 is 0 Å². The average Bonchev–Trinajstić information content (AvgIpc) is 2.43. The molecule has 0 amide bonds. The minimum atomic E-state index is -0.357. The molecule has 4 atom stereocenters. The molecule has 0 radical (unpaired) electrons. The van der Waals surface area contributed by atoms with Crippen LogP contribution in [0.3, 0.4) is 0 Å². The summed E-state index contributed by atoms with van der Waals surface area (Å²) in [7, 11) is 0. The van der Waals surface area contributed by atoms with E-state index in [9.17, 15) is 5.11 Å². The molecule has 0 aromatic heterocycles. The summed E-state index contributed by atoms with van der Waals surface area (Å²) in [5, 5.41) is 9.76. The van der Waals surface area contributed by atoms with Crippen molar-refractivity contribution in [3.8, 4) is 5.75 Å². The monoisotopic (exact) mass is 262 g/mol. The molecule has 2 rings (SSSR count). The van der Waals surface area contributed by atoms with Crippen LogP contribution in [0.2, 0.25) is 0 Å². The largest absolute Gasteiger partial charge is 0.490 e. The van der Waals surface area contributed by atoms with Gasteiger partial charge in [-0.2, -0.15) is 0 Å². The fraction of sp³-hybridized carbons (Fsp3) is 0.647. The highest BCUT2D eigenvalue weighted by molar-refractivity contribution is 5.28. The van der Waals surface area contributed by atoms with E-state index in [0.29, 0.717) is 6.10 Å². The summed E-state index contributed by atoms with van der Waals surface area (Å²) in [6, 6.07) is 7.91. The Morgan fingerprint density at radius 2 is 1.84 bits per heavy atom. The van der Waals surface area contributed by atoms with E-state index in [1.807, 2.05) is 31.2 Å². The predicted octanol–water partition coefficient (Wildman–Crippen LogP) is 4.33. The zero-order valence-electron chi connectivity index (χ0n) is 12.3. The molecule has 2 heteroatoms. The van der Waals surface area contributed by atoms with Crippen molar-refractivity contribution in [2.24, 2.45) is 11.8 Å². The molecule has 0 saturated heterocycles. The van der Waals surface area contributed by atoms with Crippen LogP contribution >= 0.6 is 0 Å². The van der Waals surface area contributed by atoms with Gasteiger partial charge in [0, 0.05) is 0 Å². The predicted molar refractivity (Wildman–Crippen MR) is 78.3 cm³/mol. The maximum absolute atomic E-state index is 9.76. The summed E-state index contributed by atoms with van der Waals surface area (Å²) < 4.78 is 6.06. The molecule has 0 spiro atoms. The van der Waals surface area contributed by atoms with E-state index in [2.05, 4.69) is 13.8 Å². The highest BCUT2D eigenvalue weighted by Crippen LogP contribution is 2.32. The van der Waals surface area contributed by atoms with Gasteiger partial charge in [0.05, 0.1) is 12.2 Å². The second-order valence-electron chi connectivity index (χ2n) is 6.00. The van der Waals surface area contributed by atoms with Crippen molar-refractivity contribution in [3.63, 3.8) is 0 Å². The van der Waals surface area contributed by atoms with Gasteiger partial charge in [-0.05, 0) is 55.2 Å². The summed E-state index contributed by atoms with van der Waals surface area (Å²) in [6.07, 6.45) is 4.32. The Bertz CT molecular complexity index is 385. The first kappa shape index (κ1) is 14.4. The van der Waals surface area contributed by atoms with Gasteiger partial charge in [0.1, 0.15) is 5.75 Å². The molecular weight excluding hydrogens is 236 g/mol. The van der Waals surface area contributed by atoms with E-state index in [1.165, 1.54) is 6.42 Å². The van der Waals surface area contributed by atoms with Crippen LogP contribution in [0.4, 0.5) is 0 Å². The Kier molecular flexibility index (Phi) is 4.87. The Morgan fingerprint density at radius 3 is 2.42 bits per heavy atom. The molecular formula is C17H26O2. The van der Waals surface area contributed by atoms with Gasteiger partial charge in [-0.25, -0.2) is 0 Å². The lowest BCUT2D eigenvalue weighted by Gasteiger charge is -2.32. The smallest absolute Gasteiger partial charge is 0.119 e. The molecule has 0 heterocycles. The lowest BCUT2D eigenvalue weighted by atomic mass is 9.80. The standard InChI is InChI=1S/C17H26O2/c1-4-17(18)14-6-9-15(10-7-14)19-16-8-5-12(2)13(3)11-16/h6-7,9-10,12-13,16-18H,4-5,8,11H2,1-3H3. The van der Waals surface area contributed by atoms with Gasteiger partial charge in [0.25, 0.3) is 0 Å². The molecule has 19 heavy (non-hydrogen) atoms. The molecule has 1 fully saturated rings. The van der Waals surface area contributed by atoms with E-state index < -0.39 is 0 Å². The number of ether oxygens (including phenoxy) is 1. The molecule has 1 N–H and O–H groups in total. The first-order valence-electron chi connectivity index (χ1n) is 7.54. The number of rotatable bonds is 4. The molecule has 1 aromatic rings. The van der Waals surface area contributed by atoms with E-state index in [-0.39, 0.29) is 6.10 Å². The first-order valence-corrected chi connectivity index (χ1v) is 7.54. The zero-order valence-corrected chi connectivity index (χ0v) is 12.3. The lowest BCUT2D eigenvalue weighted by Crippen LogP contribution is -2.28. The fourth-order valence-electron chi connectivity index (χ4n) is 2.80. The molecule has 1 aromatic carbocycles. The van der Waals surface area contributed by atoms with Crippen LogP contribution < -0.4 is 4.74 Å². The van der Waals surface area contributed by atoms with Crippen molar-refractivity contribution in [1.29, 1.82) is 0 Å². The van der Waals surface area contributed by atoms with Gasteiger partial charge in [-0.15, -0.1) is 0 Å². The zero-order chi connectivity index (χ0) is 13.8. The van der Waals surface area contributed by atoms with Crippen LogP contribution in [0.5, 0.6) is 5.75 Å². The second kappa shape index (κ2) is 6.42. The van der Waals surface area contributed by atoms with Gasteiger partial charge in [-0.3, -0.25) is 0 Å². The summed E-state index contributed by atoms with van der Waals surface area (Å²) in [5.74, 6) is 2.50. The summed E-state index contributed by atoms with van der Waals surface area (Å²) in [5.41, 5.74) is 0.973. The second-order valence-corrected chi connectivity index (χ2v) is 6.00. The minimum absolute atomic E-state index is 0.355. The SMILES string of the molecule is CCC(O)c1ccc(OC2CCC(C)C(C)C2)cc1. The van der Waals surface area contributed by atoms with E-state index in [0.717, 1.165) is 42.4 Å². The molecule has 2 nitrogen and oxygen atoms in total. The Hall–Kier alpha value is -1.02. The maximum atomic E-state index is 9.76. The topological polar surface area (TPSA) is 29.5 Å². The minimum Gasteiger partial charge on any atom is -0.490 e. The third-order valence-electron chi connectivity index (χ3n) is 4.50. The molecule has 1 saturated carbocycles. The molecule has 1 aliphatic carbocycles. The quantitative estimate of drug-likeness (QED) is 0.875. The summed E-state index contributed by atoms with van der Waals surface area (Å²) in [4.78, 5) is 0. The number of benzene rings is 1. The van der Waals surface area contributed by atoms with Gasteiger partial charge >= 0.3 is 0 Å².